The number of aryl methyl sites for hydroxylation is 2. The summed E-state index contributed by atoms with van der Waals surface area (Å²) in [6.45, 7) is 3.30. The predicted octanol–water partition coefficient (Wildman–Crippen LogP) is 5.77. The van der Waals surface area contributed by atoms with Gasteiger partial charge in [-0.25, -0.2) is 4.39 Å². The fourth-order valence-electron chi connectivity index (χ4n) is 4.61. The number of rotatable bonds is 8. The number of carbonyl (C=O) groups excluding carboxylic acids is 1. The van der Waals surface area contributed by atoms with Gasteiger partial charge in [-0.2, -0.15) is 0 Å². The number of piperidine rings is 1. The smallest absolute Gasteiger partial charge is 0.260 e. The zero-order valence-corrected chi connectivity index (χ0v) is 20.3. The average Bonchev–Trinajstić information content (AvgIpc) is 2.87. The molecule has 0 atom stereocenters. The molecule has 3 aromatic rings. The molecule has 6 heteroatoms. The topological polar surface area (TPSA) is 59.0 Å². The summed E-state index contributed by atoms with van der Waals surface area (Å²) in [6.07, 6.45) is 4.06. The summed E-state index contributed by atoms with van der Waals surface area (Å²) >= 11 is 0. The molecule has 0 unspecified atom stereocenters. The predicted molar refractivity (Wildman–Crippen MR) is 134 cm³/mol. The van der Waals surface area contributed by atoms with Gasteiger partial charge in [0.25, 0.3) is 5.91 Å². The van der Waals surface area contributed by atoms with Crippen molar-refractivity contribution in [2.75, 3.05) is 26.8 Å². The maximum absolute atomic E-state index is 13.4. The van der Waals surface area contributed by atoms with Crippen LogP contribution in [0.2, 0.25) is 0 Å². The van der Waals surface area contributed by atoms with Gasteiger partial charge in [0, 0.05) is 30.3 Å². The van der Waals surface area contributed by atoms with Crippen LogP contribution in [0.15, 0.2) is 60.7 Å². The molecule has 184 valence electrons. The Bertz CT molecular complexity index is 1170. The summed E-state index contributed by atoms with van der Waals surface area (Å²) in [6, 6.07) is 17.6. The summed E-state index contributed by atoms with van der Waals surface area (Å²) in [4.78, 5) is 14.7. The van der Waals surface area contributed by atoms with Gasteiger partial charge < -0.3 is 19.5 Å². The lowest BCUT2D eigenvalue weighted by molar-refractivity contribution is -0.134. The summed E-state index contributed by atoms with van der Waals surface area (Å²) in [5.74, 6) is 1.24. The van der Waals surface area contributed by atoms with Crippen LogP contribution in [0, 0.1) is 18.7 Å². The van der Waals surface area contributed by atoms with Crippen molar-refractivity contribution in [3.05, 3.63) is 77.6 Å². The molecule has 1 aliphatic rings. The van der Waals surface area contributed by atoms with E-state index in [4.69, 9.17) is 9.47 Å². The minimum absolute atomic E-state index is 0.0499. The van der Waals surface area contributed by atoms with Gasteiger partial charge in [0.2, 0.25) is 0 Å². The Labute approximate surface area is 206 Å². The first kappa shape index (κ1) is 24.6. The zero-order chi connectivity index (χ0) is 24.8. The monoisotopic (exact) mass is 477 g/mol. The van der Waals surface area contributed by atoms with Crippen LogP contribution in [-0.2, 0) is 11.2 Å². The van der Waals surface area contributed by atoms with Crippen molar-refractivity contribution >= 4 is 5.91 Å². The van der Waals surface area contributed by atoms with Crippen LogP contribution in [-0.4, -0.2) is 42.7 Å². The van der Waals surface area contributed by atoms with E-state index in [1.807, 2.05) is 36.1 Å². The molecule has 0 aliphatic carbocycles. The Kier molecular flexibility index (Phi) is 7.91. The molecule has 1 heterocycles. The second-order valence-electron chi connectivity index (χ2n) is 9.16. The van der Waals surface area contributed by atoms with Crippen LogP contribution in [0.5, 0.6) is 17.2 Å². The molecule has 0 aromatic heterocycles. The molecule has 35 heavy (non-hydrogen) atoms. The molecule has 4 rings (SSSR count). The fourth-order valence-corrected chi connectivity index (χ4v) is 4.61. The van der Waals surface area contributed by atoms with Crippen molar-refractivity contribution in [2.24, 2.45) is 5.92 Å². The van der Waals surface area contributed by atoms with Crippen LogP contribution < -0.4 is 9.47 Å². The maximum atomic E-state index is 13.4. The zero-order valence-electron chi connectivity index (χ0n) is 20.3. The highest BCUT2D eigenvalue weighted by Crippen LogP contribution is 2.37. The third-order valence-electron chi connectivity index (χ3n) is 6.68. The lowest BCUT2D eigenvalue weighted by Crippen LogP contribution is -2.41. The summed E-state index contributed by atoms with van der Waals surface area (Å²) in [5.41, 5.74) is 3.34. The molecule has 1 amide bonds. The van der Waals surface area contributed by atoms with E-state index in [1.165, 1.54) is 17.7 Å². The number of hydrogen-bond donors (Lipinski definition) is 1. The highest BCUT2D eigenvalue weighted by atomic mass is 19.1. The molecule has 1 fully saturated rings. The van der Waals surface area contributed by atoms with E-state index in [9.17, 15) is 14.3 Å². The average molecular weight is 478 g/mol. The molecule has 0 saturated carbocycles. The number of benzene rings is 3. The first-order valence-electron chi connectivity index (χ1n) is 12.1. The van der Waals surface area contributed by atoms with Crippen molar-refractivity contribution < 1.29 is 23.8 Å². The number of halogens is 1. The van der Waals surface area contributed by atoms with Gasteiger partial charge >= 0.3 is 0 Å². The summed E-state index contributed by atoms with van der Waals surface area (Å²) in [7, 11) is 1.68. The Morgan fingerprint density at radius 3 is 2.60 bits per heavy atom. The number of methoxy groups -OCH3 is 1. The Hall–Kier alpha value is -3.54. The largest absolute Gasteiger partial charge is 0.507 e. The molecule has 0 bridgehead atoms. The quantitative estimate of drug-likeness (QED) is 0.448. The van der Waals surface area contributed by atoms with Gasteiger partial charge in [0.05, 0.1) is 7.11 Å². The second kappa shape index (κ2) is 11.3. The maximum Gasteiger partial charge on any atom is 0.260 e. The standard InChI is InChI=1S/C29H32FNO4/c1-20-6-11-28(26(16-20)25-10-9-23(30)18-27(25)32)35-19-29(33)31-14-12-21(13-15-31)7-8-22-4-3-5-24(17-22)34-2/h3-6,9-11,16-18,21,32H,7-8,12-15,19H2,1-2H3. The van der Waals surface area contributed by atoms with Gasteiger partial charge in [0.15, 0.2) is 6.61 Å². The van der Waals surface area contributed by atoms with Gasteiger partial charge in [-0.15, -0.1) is 0 Å². The van der Waals surface area contributed by atoms with E-state index in [2.05, 4.69) is 12.1 Å². The molecule has 3 aromatic carbocycles. The van der Waals surface area contributed by atoms with E-state index >= 15 is 0 Å². The number of amides is 1. The van der Waals surface area contributed by atoms with E-state index < -0.39 is 5.82 Å². The number of ether oxygens (including phenoxy) is 2. The van der Waals surface area contributed by atoms with Gasteiger partial charge in [-0.3, -0.25) is 4.79 Å². The van der Waals surface area contributed by atoms with Crippen molar-refractivity contribution in [3.8, 4) is 28.4 Å². The number of aromatic hydroxyl groups is 1. The first-order valence-corrected chi connectivity index (χ1v) is 12.1. The third kappa shape index (κ3) is 6.32. The molecule has 1 aliphatic heterocycles. The molecular weight excluding hydrogens is 445 g/mol. The van der Waals surface area contributed by atoms with E-state index in [1.54, 1.807) is 13.2 Å². The number of carbonyl (C=O) groups is 1. The molecule has 0 radical (unpaired) electrons. The summed E-state index contributed by atoms with van der Waals surface area (Å²) < 4.78 is 24.6. The van der Waals surface area contributed by atoms with E-state index in [-0.39, 0.29) is 18.3 Å². The number of likely N-dealkylation sites (tertiary alicyclic amines) is 1. The van der Waals surface area contributed by atoms with Crippen molar-refractivity contribution in [1.82, 2.24) is 4.90 Å². The highest BCUT2D eigenvalue weighted by molar-refractivity contribution is 5.79. The number of phenols is 1. The molecule has 0 spiro atoms. The van der Waals surface area contributed by atoms with Crippen molar-refractivity contribution in [3.63, 3.8) is 0 Å². The van der Waals surface area contributed by atoms with Crippen LogP contribution >= 0.6 is 0 Å². The Balaban J connectivity index is 1.30. The third-order valence-corrected chi connectivity index (χ3v) is 6.68. The number of hydrogen-bond acceptors (Lipinski definition) is 4. The Morgan fingerprint density at radius 1 is 1.06 bits per heavy atom. The van der Waals surface area contributed by atoms with Crippen molar-refractivity contribution in [2.45, 2.75) is 32.6 Å². The van der Waals surface area contributed by atoms with Crippen LogP contribution in [0.1, 0.15) is 30.4 Å². The van der Waals surface area contributed by atoms with Crippen LogP contribution in [0.4, 0.5) is 4.39 Å². The lowest BCUT2D eigenvalue weighted by Gasteiger charge is -2.32. The fraction of sp³-hybridized carbons (Fsp3) is 0.345. The van der Waals surface area contributed by atoms with Crippen LogP contribution in [0.3, 0.4) is 0 Å². The molecule has 1 N–H and O–H groups in total. The highest BCUT2D eigenvalue weighted by Gasteiger charge is 2.23. The number of nitrogens with zero attached hydrogens (tertiary/aromatic N) is 1. The lowest BCUT2D eigenvalue weighted by atomic mass is 9.90. The molecular formula is C29H32FNO4. The minimum Gasteiger partial charge on any atom is -0.507 e. The molecule has 1 saturated heterocycles. The Morgan fingerprint density at radius 2 is 1.86 bits per heavy atom. The van der Waals surface area contributed by atoms with Gasteiger partial charge in [-0.05, 0) is 80.5 Å². The SMILES string of the molecule is COc1cccc(CCC2CCN(C(=O)COc3ccc(C)cc3-c3ccc(F)cc3O)CC2)c1. The van der Waals surface area contributed by atoms with E-state index in [0.29, 0.717) is 22.8 Å². The normalized spacial score (nSPS) is 14.1. The summed E-state index contributed by atoms with van der Waals surface area (Å²) in [5, 5.41) is 10.2. The first-order chi connectivity index (χ1) is 16.9. The minimum atomic E-state index is -0.511. The second-order valence-corrected chi connectivity index (χ2v) is 9.16. The van der Waals surface area contributed by atoms with E-state index in [0.717, 1.165) is 56.2 Å². The molecule has 5 nitrogen and oxygen atoms in total. The van der Waals surface area contributed by atoms with Crippen LogP contribution in [0.25, 0.3) is 11.1 Å². The van der Waals surface area contributed by atoms with Gasteiger partial charge in [0.1, 0.15) is 23.1 Å². The number of phenolic OH excluding ortho intramolecular Hbond substituents is 1. The van der Waals surface area contributed by atoms with Gasteiger partial charge in [-0.1, -0.05) is 23.8 Å². The van der Waals surface area contributed by atoms with Crippen molar-refractivity contribution in [1.29, 1.82) is 0 Å².